The van der Waals surface area contributed by atoms with Crippen LogP contribution in [0, 0.1) is 5.92 Å². The third-order valence-electron chi connectivity index (χ3n) is 4.43. The Hall–Kier alpha value is -2.63. The summed E-state index contributed by atoms with van der Waals surface area (Å²) < 4.78 is 1.76. The average Bonchev–Trinajstić information content (AvgIpc) is 3.04. The number of aliphatic carboxylic acids is 1. The number of carbonyl (C=O) groups excluding carboxylic acids is 1. The van der Waals surface area contributed by atoms with Gasteiger partial charge >= 0.3 is 5.97 Å². The van der Waals surface area contributed by atoms with Crippen LogP contribution >= 0.6 is 0 Å². The standard InChI is InChI=1S/C18H21N3O3/c22-17(23)10-14-6-8-20(9-7-14)18(24)16-11-19-21(13-16)12-15-4-2-1-3-5-15/h1-5,11,13-14H,6-10,12H2,(H,22,23). The van der Waals surface area contributed by atoms with Crippen LogP contribution in [0.5, 0.6) is 0 Å². The Morgan fingerprint density at radius 2 is 1.88 bits per heavy atom. The molecule has 0 atom stereocenters. The lowest BCUT2D eigenvalue weighted by Crippen LogP contribution is -2.38. The van der Waals surface area contributed by atoms with Crippen LogP contribution in [0.2, 0.25) is 0 Å². The summed E-state index contributed by atoms with van der Waals surface area (Å²) >= 11 is 0. The predicted octanol–water partition coefficient (Wildman–Crippen LogP) is 2.26. The van der Waals surface area contributed by atoms with Crippen molar-refractivity contribution in [2.75, 3.05) is 13.1 Å². The maximum Gasteiger partial charge on any atom is 0.303 e. The van der Waals surface area contributed by atoms with Gasteiger partial charge in [0.25, 0.3) is 5.91 Å². The molecule has 1 amide bonds. The van der Waals surface area contributed by atoms with Crippen molar-refractivity contribution in [3.8, 4) is 0 Å². The smallest absolute Gasteiger partial charge is 0.303 e. The van der Waals surface area contributed by atoms with Crippen LogP contribution in [0.15, 0.2) is 42.7 Å². The molecule has 1 N–H and O–H groups in total. The largest absolute Gasteiger partial charge is 0.481 e. The first kappa shape index (κ1) is 16.2. The highest BCUT2D eigenvalue weighted by Crippen LogP contribution is 2.21. The minimum Gasteiger partial charge on any atom is -0.481 e. The van der Waals surface area contributed by atoms with Crippen molar-refractivity contribution in [3.05, 3.63) is 53.9 Å². The molecule has 3 rings (SSSR count). The van der Waals surface area contributed by atoms with E-state index in [1.165, 1.54) is 0 Å². The summed E-state index contributed by atoms with van der Waals surface area (Å²) in [5.41, 5.74) is 1.72. The Bertz CT molecular complexity index is 703. The zero-order valence-corrected chi connectivity index (χ0v) is 13.5. The van der Waals surface area contributed by atoms with Crippen molar-refractivity contribution < 1.29 is 14.7 Å². The molecule has 1 aromatic heterocycles. The van der Waals surface area contributed by atoms with Gasteiger partial charge in [-0.1, -0.05) is 30.3 Å². The molecule has 0 unspecified atom stereocenters. The molecular formula is C18H21N3O3. The zero-order chi connectivity index (χ0) is 16.9. The molecule has 2 aromatic rings. The Morgan fingerprint density at radius 1 is 1.17 bits per heavy atom. The highest BCUT2D eigenvalue weighted by Gasteiger charge is 2.25. The number of likely N-dealkylation sites (tertiary alicyclic amines) is 1. The molecule has 0 saturated carbocycles. The van der Waals surface area contributed by atoms with Gasteiger partial charge in [-0.25, -0.2) is 0 Å². The monoisotopic (exact) mass is 327 g/mol. The fourth-order valence-electron chi connectivity index (χ4n) is 3.10. The molecule has 1 fully saturated rings. The lowest BCUT2D eigenvalue weighted by molar-refractivity contribution is -0.138. The first-order chi connectivity index (χ1) is 11.6. The highest BCUT2D eigenvalue weighted by atomic mass is 16.4. The number of hydrogen-bond acceptors (Lipinski definition) is 3. The van der Waals surface area contributed by atoms with E-state index in [0.717, 1.165) is 18.4 Å². The second kappa shape index (κ2) is 7.29. The molecule has 0 radical (unpaired) electrons. The van der Waals surface area contributed by atoms with Gasteiger partial charge in [-0.3, -0.25) is 14.3 Å². The van der Waals surface area contributed by atoms with Gasteiger partial charge in [0.05, 0.1) is 18.3 Å². The van der Waals surface area contributed by atoms with Crippen molar-refractivity contribution in [2.45, 2.75) is 25.8 Å². The van der Waals surface area contributed by atoms with Crippen molar-refractivity contribution in [2.24, 2.45) is 5.92 Å². The van der Waals surface area contributed by atoms with Gasteiger partial charge in [-0.15, -0.1) is 0 Å². The third kappa shape index (κ3) is 4.01. The van der Waals surface area contributed by atoms with Gasteiger partial charge in [0.1, 0.15) is 0 Å². The molecule has 0 spiro atoms. The second-order valence-electron chi connectivity index (χ2n) is 6.25. The van der Waals surface area contributed by atoms with E-state index in [4.69, 9.17) is 5.11 Å². The maximum atomic E-state index is 12.6. The van der Waals surface area contributed by atoms with E-state index in [2.05, 4.69) is 5.10 Å². The SMILES string of the molecule is O=C(O)CC1CCN(C(=O)c2cnn(Cc3ccccc3)c2)CC1. The molecule has 6 heteroatoms. The summed E-state index contributed by atoms with van der Waals surface area (Å²) in [5.74, 6) is -0.614. The van der Waals surface area contributed by atoms with E-state index >= 15 is 0 Å². The Morgan fingerprint density at radius 3 is 2.54 bits per heavy atom. The van der Waals surface area contributed by atoms with Crippen LogP contribution < -0.4 is 0 Å². The number of benzene rings is 1. The molecule has 0 aliphatic carbocycles. The van der Waals surface area contributed by atoms with Crippen LogP contribution in [0.25, 0.3) is 0 Å². The number of rotatable bonds is 5. The minimum atomic E-state index is -0.762. The molecular weight excluding hydrogens is 306 g/mol. The van der Waals surface area contributed by atoms with Gasteiger partial charge in [0, 0.05) is 25.7 Å². The minimum absolute atomic E-state index is 0.0249. The first-order valence-corrected chi connectivity index (χ1v) is 8.19. The summed E-state index contributed by atoms with van der Waals surface area (Å²) in [5, 5.41) is 13.1. The van der Waals surface area contributed by atoms with Crippen molar-refractivity contribution in [3.63, 3.8) is 0 Å². The molecule has 1 saturated heterocycles. The normalized spacial score (nSPS) is 15.4. The Labute approximate surface area is 140 Å². The Balaban J connectivity index is 1.57. The first-order valence-electron chi connectivity index (χ1n) is 8.19. The van der Waals surface area contributed by atoms with Crippen molar-refractivity contribution in [1.82, 2.24) is 14.7 Å². The molecule has 1 aliphatic rings. The number of carbonyl (C=O) groups is 2. The van der Waals surface area contributed by atoms with Gasteiger partial charge < -0.3 is 10.0 Å². The molecule has 1 aliphatic heterocycles. The lowest BCUT2D eigenvalue weighted by atomic mass is 9.93. The quantitative estimate of drug-likeness (QED) is 0.914. The average molecular weight is 327 g/mol. The van der Waals surface area contributed by atoms with Crippen molar-refractivity contribution >= 4 is 11.9 Å². The fraction of sp³-hybridized carbons (Fsp3) is 0.389. The summed E-state index contributed by atoms with van der Waals surface area (Å²) in [6.07, 6.45) is 5.07. The van der Waals surface area contributed by atoms with E-state index < -0.39 is 5.97 Å². The summed E-state index contributed by atoms with van der Waals surface area (Å²) in [6, 6.07) is 9.97. The van der Waals surface area contributed by atoms with Gasteiger partial charge in [-0.2, -0.15) is 5.10 Å². The third-order valence-corrected chi connectivity index (χ3v) is 4.43. The van der Waals surface area contributed by atoms with Crippen LogP contribution in [0.3, 0.4) is 0 Å². The highest BCUT2D eigenvalue weighted by molar-refractivity contribution is 5.93. The van der Waals surface area contributed by atoms with Crippen LogP contribution in [-0.4, -0.2) is 44.8 Å². The van der Waals surface area contributed by atoms with Crippen LogP contribution in [-0.2, 0) is 11.3 Å². The second-order valence-corrected chi connectivity index (χ2v) is 6.25. The fourth-order valence-corrected chi connectivity index (χ4v) is 3.10. The molecule has 6 nitrogen and oxygen atoms in total. The predicted molar refractivity (Wildman–Crippen MR) is 88.7 cm³/mol. The van der Waals surface area contributed by atoms with Gasteiger partial charge in [-0.05, 0) is 24.3 Å². The van der Waals surface area contributed by atoms with E-state index in [-0.39, 0.29) is 18.2 Å². The van der Waals surface area contributed by atoms with Gasteiger partial charge in [0.2, 0.25) is 0 Å². The van der Waals surface area contributed by atoms with Crippen molar-refractivity contribution in [1.29, 1.82) is 0 Å². The summed E-state index contributed by atoms with van der Waals surface area (Å²) in [4.78, 5) is 25.1. The van der Waals surface area contributed by atoms with E-state index in [1.54, 1.807) is 22.0 Å². The lowest BCUT2D eigenvalue weighted by Gasteiger charge is -2.31. The summed E-state index contributed by atoms with van der Waals surface area (Å²) in [6.45, 7) is 1.86. The molecule has 1 aromatic carbocycles. The topological polar surface area (TPSA) is 75.4 Å². The molecule has 2 heterocycles. The number of amides is 1. The number of carboxylic acids is 1. The summed E-state index contributed by atoms with van der Waals surface area (Å²) in [7, 11) is 0. The molecule has 126 valence electrons. The van der Waals surface area contributed by atoms with Crippen LogP contribution in [0.4, 0.5) is 0 Å². The Kier molecular flexibility index (Phi) is 4.93. The maximum absolute atomic E-state index is 12.6. The zero-order valence-electron chi connectivity index (χ0n) is 13.5. The van der Waals surface area contributed by atoms with E-state index in [0.29, 0.717) is 25.2 Å². The number of aromatic nitrogens is 2. The number of nitrogens with zero attached hydrogens (tertiary/aromatic N) is 3. The number of piperidine rings is 1. The number of hydrogen-bond donors (Lipinski definition) is 1. The van der Waals surface area contributed by atoms with Crippen LogP contribution in [0.1, 0.15) is 35.2 Å². The molecule has 24 heavy (non-hydrogen) atoms. The molecule has 0 bridgehead atoms. The van der Waals surface area contributed by atoms with Gasteiger partial charge in [0.15, 0.2) is 0 Å². The van der Waals surface area contributed by atoms with E-state index in [1.807, 2.05) is 30.3 Å². The number of carboxylic acid groups (broad SMARTS) is 1. The van der Waals surface area contributed by atoms with E-state index in [9.17, 15) is 9.59 Å².